The van der Waals surface area contributed by atoms with Crippen LogP contribution in [0.25, 0.3) is 16.7 Å². The fourth-order valence-electron chi connectivity index (χ4n) is 3.72. The van der Waals surface area contributed by atoms with E-state index in [1.807, 2.05) is 12.1 Å². The number of amides is 1. The number of carbonyl (C=O) groups excluding carboxylic acids is 2. The lowest BCUT2D eigenvalue weighted by Gasteiger charge is -2.10. The first-order chi connectivity index (χ1) is 17.4. The Morgan fingerprint density at radius 2 is 1.97 bits per heavy atom. The van der Waals surface area contributed by atoms with Crippen LogP contribution in [0, 0.1) is 18.3 Å². The first-order valence-electron chi connectivity index (χ1n) is 11.0. The second-order valence-electron chi connectivity index (χ2n) is 7.83. The zero-order valence-electron chi connectivity index (χ0n) is 19.6. The van der Waals surface area contributed by atoms with E-state index in [2.05, 4.69) is 10.4 Å². The van der Waals surface area contributed by atoms with Crippen molar-refractivity contribution in [2.24, 2.45) is 0 Å². The number of hydrogen-bond acceptors (Lipinski definition) is 8. The number of methoxy groups -OCH3 is 1. The van der Waals surface area contributed by atoms with Gasteiger partial charge in [-0.2, -0.15) is 10.4 Å². The van der Waals surface area contributed by atoms with Gasteiger partial charge in [0.2, 0.25) is 0 Å². The zero-order valence-corrected chi connectivity index (χ0v) is 19.6. The van der Waals surface area contributed by atoms with Crippen LogP contribution in [0.15, 0.2) is 63.9 Å². The summed E-state index contributed by atoms with van der Waals surface area (Å²) in [7, 11) is 1.52. The molecule has 0 spiro atoms. The topological polar surface area (TPSA) is 136 Å². The molecule has 182 valence electrons. The van der Waals surface area contributed by atoms with E-state index < -0.39 is 24.1 Å². The maximum atomic E-state index is 12.5. The van der Waals surface area contributed by atoms with E-state index in [4.69, 9.17) is 13.9 Å². The summed E-state index contributed by atoms with van der Waals surface area (Å²) in [6.07, 6.45) is 1.31. The fraction of sp³-hybridized carbons (Fsp3) is 0.192. The Morgan fingerprint density at radius 3 is 2.69 bits per heavy atom. The molecule has 0 saturated carbocycles. The summed E-state index contributed by atoms with van der Waals surface area (Å²) in [5.41, 5.74) is 1.72. The molecule has 0 atom stereocenters. The van der Waals surface area contributed by atoms with E-state index in [1.54, 1.807) is 49.4 Å². The third-order valence-corrected chi connectivity index (χ3v) is 5.59. The largest absolute Gasteiger partial charge is 0.497 e. The van der Waals surface area contributed by atoms with Crippen LogP contribution in [-0.4, -0.2) is 35.4 Å². The van der Waals surface area contributed by atoms with Crippen molar-refractivity contribution in [3.8, 4) is 17.5 Å². The number of nitrogens with one attached hydrogen (secondary N) is 1. The number of esters is 1. The molecule has 1 N–H and O–H groups in total. The smallest absolute Gasteiger partial charge is 0.339 e. The van der Waals surface area contributed by atoms with Gasteiger partial charge in [0, 0.05) is 23.4 Å². The van der Waals surface area contributed by atoms with Crippen molar-refractivity contribution < 1.29 is 23.5 Å². The molecule has 4 rings (SSSR count). The summed E-state index contributed by atoms with van der Waals surface area (Å²) in [6.45, 7) is 1.22. The second-order valence-corrected chi connectivity index (χ2v) is 7.83. The molecule has 0 aliphatic rings. The summed E-state index contributed by atoms with van der Waals surface area (Å²) < 4.78 is 17.0. The Morgan fingerprint density at radius 1 is 1.19 bits per heavy atom. The Labute approximate surface area is 205 Å². The highest BCUT2D eigenvalue weighted by Gasteiger charge is 2.18. The highest BCUT2D eigenvalue weighted by Crippen LogP contribution is 2.24. The predicted octanol–water partition coefficient (Wildman–Crippen LogP) is 3.28. The summed E-state index contributed by atoms with van der Waals surface area (Å²) in [4.78, 5) is 37.2. The van der Waals surface area contributed by atoms with Crippen LogP contribution in [0.4, 0.5) is 5.82 Å². The van der Waals surface area contributed by atoms with Crippen LogP contribution >= 0.6 is 0 Å². The van der Waals surface area contributed by atoms with Gasteiger partial charge in [0.25, 0.3) is 5.91 Å². The minimum atomic E-state index is -0.657. The third kappa shape index (κ3) is 5.10. The molecule has 4 aromatic rings. The van der Waals surface area contributed by atoms with Gasteiger partial charge in [0.1, 0.15) is 23.0 Å². The van der Waals surface area contributed by atoms with Crippen LogP contribution in [0.5, 0.6) is 5.75 Å². The molecule has 0 fully saturated rings. The summed E-state index contributed by atoms with van der Waals surface area (Å²) >= 11 is 0. The molecule has 36 heavy (non-hydrogen) atoms. The lowest BCUT2D eigenvalue weighted by Crippen LogP contribution is -2.23. The molecule has 10 nitrogen and oxygen atoms in total. The number of para-hydroxylation sites is 1. The molecule has 0 aliphatic carbocycles. The molecule has 0 saturated heterocycles. The monoisotopic (exact) mass is 486 g/mol. The number of fused-ring (bicyclic) bond motifs is 1. The van der Waals surface area contributed by atoms with Crippen molar-refractivity contribution in [1.29, 1.82) is 5.26 Å². The van der Waals surface area contributed by atoms with Gasteiger partial charge >= 0.3 is 11.6 Å². The van der Waals surface area contributed by atoms with E-state index in [1.165, 1.54) is 18.0 Å². The molecular formula is C26H22N4O6. The Bertz CT molecular complexity index is 1530. The average Bonchev–Trinajstić information content (AvgIpc) is 3.29. The van der Waals surface area contributed by atoms with E-state index >= 15 is 0 Å². The third-order valence-electron chi connectivity index (χ3n) is 5.59. The standard InChI is InChI=1S/C26H22N4O6/c1-16-20-9-8-19(34-2)12-22(20)36-26(33)21(16)10-11-24(32)35-15-23(31)29-25-17(13-27)14-28-30(25)18-6-4-3-5-7-18/h3-9,12,14H,10-11,15H2,1-2H3,(H,29,31). The van der Waals surface area contributed by atoms with Gasteiger partial charge in [-0.3, -0.25) is 9.59 Å². The number of aromatic nitrogens is 2. The first-order valence-corrected chi connectivity index (χ1v) is 11.0. The van der Waals surface area contributed by atoms with Crippen molar-refractivity contribution in [2.45, 2.75) is 19.8 Å². The van der Waals surface area contributed by atoms with Crippen molar-refractivity contribution in [1.82, 2.24) is 9.78 Å². The molecule has 0 unspecified atom stereocenters. The Balaban J connectivity index is 1.38. The van der Waals surface area contributed by atoms with Gasteiger partial charge in [-0.15, -0.1) is 0 Å². The van der Waals surface area contributed by atoms with Crippen molar-refractivity contribution in [2.75, 3.05) is 19.0 Å². The molecule has 2 aromatic carbocycles. The second kappa shape index (κ2) is 10.6. The fourth-order valence-corrected chi connectivity index (χ4v) is 3.72. The highest BCUT2D eigenvalue weighted by molar-refractivity contribution is 5.93. The van der Waals surface area contributed by atoms with Gasteiger partial charge in [0.05, 0.1) is 19.0 Å². The van der Waals surface area contributed by atoms with Gasteiger partial charge < -0.3 is 19.2 Å². The molecule has 0 bridgehead atoms. The minimum absolute atomic E-state index is 0.0932. The number of rotatable bonds is 8. The maximum absolute atomic E-state index is 12.5. The van der Waals surface area contributed by atoms with Gasteiger partial charge in [-0.1, -0.05) is 18.2 Å². The molecule has 2 heterocycles. The van der Waals surface area contributed by atoms with E-state index in [0.29, 0.717) is 28.1 Å². The number of nitriles is 1. The minimum Gasteiger partial charge on any atom is -0.497 e. The van der Waals surface area contributed by atoms with E-state index in [0.717, 1.165) is 5.39 Å². The number of ether oxygens (including phenoxy) is 2. The van der Waals surface area contributed by atoms with Crippen molar-refractivity contribution in [3.05, 3.63) is 81.8 Å². The van der Waals surface area contributed by atoms with Crippen LogP contribution in [-0.2, 0) is 20.7 Å². The molecule has 0 radical (unpaired) electrons. The number of anilines is 1. The predicted molar refractivity (Wildman–Crippen MR) is 130 cm³/mol. The lowest BCUT2D eigenvalue weighted by molar-refractivity contribution is -0.147. The van der Waals surface area contributed by atoms with Crippen LogP contribution in [0.1, 0.15) is 23.1 Å². The van der Waals surface area contributed by atoms with Gasteiger partial charge in [-0.05, 0) is 43.2 Å². The first kappa shape index (κ1) is 24.2. The number of aryl methyl sites for hydroxylation is 1. The molecular weight excluding hydrogens is 464 g/mol. The summed E-state index contributed by atoms with van der Waals surface area (Å²) in [6, 6.07) is 16.1. The SMILES string of the molecule is COc1ccc2c(C)c(CCC(=O)OCC(=O)Nc3c(C#N)cnn3-c3ccccc3)c(=O)oc2c1. The van der Waals surface area contributed by atoms with E-state index in [-0.39, 0.29) is 24.2 Å². The van der Waals surface area contributed by atoms with Gasteiger partial charge in [0.15, 0.2) is 12.4 Å². The van der Waals surface area contributed by atoms with Gasteiger partial charge in [-0.25, -0.2) is 9.48 Å². The van der Waals surface area contributed by atoms with Crippen LogP contribution in [0.2, 0.25) is 0 Å². The normalized spacial score (nSPS) is 10.6. The van der Waals surface area contributed by atoms with E-state index in [9.17, 15) is 19.6 Å². The lowest BCUT2D eigenvalue weighted by atomic mass is 10.0. The van der Waals surface area contributed by atoms with Crippen LogP contribution < -0.4 is 15.7 Å². The molecule has 0 aliphatic heterocycles. The number of benzene rings is 2. The molecule has 1 amide bonds. The summed E-state index contributed by atoms with van der Waals surface area (Å²) in [5.74, 6) is -0.553. The molecule has 2 aromatic heterocycles. The molecule has 10 heteroatoms. The maximum Gasteiger partial charge on any atom is 0.339 e. The zero-order chi connectivity index (χ0) is 25.7. The highest BCUT2D eigenvalue weighted by atomic mass is 16.5. The Hall–Kier alpha value is -4.91. The number of hydrogen-bond donors (Lipinski definition) is 1. The van der Waals surface area contributed by atoms with Crippen LogP contribution in [0.3, 0.4) is 0 Å². The average molecular weight is 486 g/mol. The number of carbonyl (C=O) groups is 2. The summed E-state index contributed by atoms with van der Waals surface area (Å²) in [5, 5.41) is 16.8. The number of nitrogens with zero attached hydrogens (tertiary/aromatic N) is 3. The van der Waals surface area contributed by atoms with Crippen molar-refractivity contribution in [3.63, 3.8) is 0 Å². The van der Waals surface area contributed by atoms with Crippen molar-refractivity contribution >= 4 is 28.7 Å². The Kier molecular flexibility index (Phi) is 7.11. The quantitative estimate of drug-likeness (QED) is 0.296.